The lowest BCUT2D eigenvalue weighted by atomic mass is 9.49. The average Bonchev–Trinajstić information content (AvgIpc) is 3.25. The van der Waals surface area contributed by atoms with Crippen LogP contribution in [0.2, 0.25) is 0 Å². The lowest BCUT2D eigenvalue weighted by Crippen LogP contribution is -2.53. The van der Waals surface area contributed by atoms with E-state index in [1.807, 2.05) is 30.3 Å². The summed E-state index contributed by atoms with van der Waals surface area (Å²) in [7, 11) is 0. The van der Waals surface area contributed by atoms with Crippen molar-refractivity contribution in [1.82, 2.24) is 10.6 Å². The Kier molecular flexibility index (Phi) is 5.40. The summed E-state index contributed by atoms with van der Waals surface area (Å²) in [6, 6.07) is 11.7. The summed E-state index contributed by atoms with van der Waals surface area (Å²) < 4.78 is 0. The van der Waals surface area contributed by atoms with E-state index in [4.69, 9.17) is 0 Å². The summed E-state index contributed by atoms with van der Waals surface area (Å²) in [5, 5.41) is 8.25. The Hall–Kier alpha value is -2.14. The van der Waals surface area contributed by atoms with Gasteiger partial charge in [0.05, 0.1) is 0 Å². The molecule has 0 unspecified atom stereocenters. The van der Waals surface area contributed by atoms with Crippen LogP contribution in [0.3, 0.4) is 0 Å². The van der Waals surface area contributed by atoms with Gasteiger partial charge in [0.2, 0.25) is 5.91 Å². The predicted octanol–water partition coefficient (Wildman–Crippen LogP) is 4.55. The summed E-state index contributed by atoms with van der Waals surface area (Å²) in [5.74, 6) is 2.55. The Bertz CT molecular complexity index is 868. The zero-order chi connectivity index (χ0) is 20.6. The van der Waals surface area contributed by atoms with Gasteiger partial charge in [0.1, 0.15) is 0 Å². The van der Waals surface area contributed by atoms with Gasteiger partial charge in [-0.15, -0.1) is 11.3 Å². The van der Waals surface area contributed by atoms with Crippen LogP contribution < -0.4 is 10.6 Å². The number of nitrogens with one attached hydrogen (secondary N) is 2. The fraction of sp³-hybridized carbons (Fsp3) is 0.520. The quantitative estimate of drug-likeness (QED) is 0.688. The summed E-state index contributed by atoms with van der Waals surface area (Å²) in [6.07, 6.45) is 8.19. The van der Waals surface area contributed by atoms with Gasteiger partial charge in [0.25, 0.3) is 5.91 Å². The van der Waals surface area contributed by atoms with Crippen LogP contribution in [0.5, 0.6) is 0 Å². The van der Waals surface area contributed by atoms with Gasteiger partial charge in [-0.05, 0) is 91.8 Å². The molecule has 4 aliphatic carbocycles. The van der Waals surface area contributed by atoms with Crippen LogP contribution in [0.25, 0.3) is 0 Å². The Labute approximate surface area is 182 Å². The highest BCUT2D eigenvalue weighted by molar-refractivity contribution is 7.09. The molecule has 2 aromatic rings. The number of carbonyl (C=O) groups excluding carboxylic acids is 2. The largest absolute Gasteiger partial charge is 0.352 e. The molecular formula is C25H30N2O2S. The molecule has 158 valence electrons. The van der Waals surface area contributed by atoms with E-state index < -0.39 is 0 Å². The average molecular weight is 423 g/mol. The molecule has 2 amide bonds. The van der Waals surface area contributed by atoms with Gasteiger partial charge in [0.15, 0.2) is 0 Å². The zero-order valence-electron chi connectivity index (χ0n) is 17.4. The Balaban J connectivity index is 1.12. The van der Waals surface area contributed by atoms with Crippen molar-refractivity contribution in [3.63, 3.8) is 0 Å². The molecule has 4 fully saturated rings. The van der Waals surface area contributed by atoms with Gasteiger partial charge in [-0.1, -0.05) is 18.2 Å². The lowest BCUT2D eigenvalue weighted by molar-refractivity contribution is -0.146. The molecule has 4 saturated carbocycles. The molecule has 0 saturated heterocycles. The molecule has 2 N–H and O–H groups in total. The van der Waals surface area contributed by atoms with Crippen LogP contribution in [0.15, 0.2) is 41.8 Å². The van der Waals surface area contributed by atoms with E-state index in [1.165, 1.54) is 24.1 Å². The van der Waals surface area contributed by atoms with E-state index in [9.17, 15) is 9.59 Å². The molecule has 0 aliphatic heterocycles. The third-order valence-electron chi connectivity index (χ3n) is 7.43. The fourth-order valence-corrected chi connectivity index (χ4v) is 7.10. The Morgan fingerprint density at radius 2 is 1.60 bits per heavy atom. The van der Waals surface area contributed by atoms with Gasteiger partial charge < -0.3 is 10.6 Å². The zero-order valence-corrected chi connectivity index (χ0v) is 18.2. The fourth-order valence-electron chi connectivity index (χ4n) is 6.39. The maximum atomic E-state index is 13.1. The van der Waals surface area contributed by atoms with Crippen molar-refractivity contribution in [2.75, 3.05) is 6.54 Å². The molecule has 30 heavy (non-hydrogen) atoms. The maximum Gasteiger partial charge on any atom is 0.251 e. The van der Waals surface area contributed by atoms with E-state index in [2.05, 4.69) is 22.1 Å². The van der Waals surface area contributed by atoms with Gasteiger partial charge in [-0.25, -0.2) is 0 Å². The second kappa shape index (κ2) is 8.18. The molecule has 4 bridgehead atoms. The van der Waals surface area contributed by atoms with Gasteiger partial charge >= 0.3 is 0 Å². The Morgan fingerprint density at radius 1 is 0.933 bits per heavy atom. The molecule has 1 heterocycles. The minimum absolute atomic E-state index is 0.0456. The van der Waals surface area contributed by atoms with Crippen molar-refractivity contribution in [2.24, 2.45) is 23.2 Å². The van der Waals surface area contributed by atoms with Crippen LogP contribution in [-0.2, 0) is 17.8 Å². The molecule has 1 aromatic heterocycles. The van der Waals surface area contributed by atoms with E-state index in [1.54, 1.807) is 11.3 Å². The molecule has 1 aromatic carbocycles. The second-order valence-corrected chi connectivity index (χ2v) is 10.7. The van der Waals surface area contributed by atoms with E-state index in [-0.39, 0.29) is 17.2 Å². The van der Waals surface area contributed by atoms with Crippen LogP contribution in [0.1, 0.15) is 59.3 Å². The smallest absolute Gasteiger partial charge is 0.251 e. The van der Waals surface area contributed by atoms with Gasteiger partial charge in [0, 0.05) is 28.9 Å². The normalized spacial score (nSPS) is 29.0. The summed E-state index contributed by atoms with van der Waals surface area (Å²) in [4.78, 5) is 26.7. The topological polar surface area (TPSA) is 58.2 Å². The van der Waals surface area contributed by atoms with Crippen molar-refractivity contribution in [2.45, 2.75) is 51.5 Å². The Morgan fingerprint density at radius 3 is 2.20 bits per heavy atom. The minimum atomic E-state index is -0.100. The highest BCUT2D eigenvalue weighted by Crippen LogP contribution is 2.60. The molecule has 0 radical (unpaired) electrons. The summed E-state index contributed by atoms with van der Waals surface area (Å²) in [6.45, 7) is 1.18. The predicted molar refractivity (Wildman–Crippen MR) is 119 cm³/mol. The molecule has 5 heteroatoms. The molecule has 4 nitrogen and oxygen atoms in total. The van der Waals surface area contributed by atoms with Crippen molar-refractivity contribution in [3.8, 4) is 0 Å². The first kappa shape index (κ1) is 19.8. The second-order valence-electron chi connectivity index (χ2n) is 9.66. The van der Waals surface area contributed by atoms with E-state index in [0.717, 1.165) is 49.0 Å². The van der Waals surface area contributed by atoms with Gasteiger partial charge in [-0.2, -0.15) is 0 Å². The number of benzene rings is 1. The van der Waals surface area contributed by atoms with E-state index in [0.29, 0.717) is 18.7 Å². The van der Waals surface area contributed by atoms with Gasteiger partial charge in [-0.3, -0.25) is 9.59 Å². The first-order chi connectivity index (χ1) is 14.6. The minimum Gasteiger partial charge on any atom is -0.352 e. The number of carbonyl (C=O) groups is 2. The molecule has 0 spiro atoms. The third-order valence-corrected chi connectivity index (χ3v) is 8.36. The first-order valence-corrected chi connectivity index (χ1v) is 12.2. The maximum absolute atomic E-state index is 13.1. The molecule has 4 aliphatic rings. The van der Waals surface area contributed by atoms with Crippen LogP contribution in [0, 0.1) is 23.2 Å². The molecule has 6 rings (SSSR count). The third kappa shape index (κ3) is 4.04. The van der Waals surface area contributed by atoms with Crippen LogP contribution in [0.4, 0.5) is 0 Å². The number of hydrogen-bond acceptors (Lipinski definition) is 3. The van der Waals surface area contributed by atoms with Crippen LogP contribution >= 0.6 is 11.3 Å². The number of amides is 2. The monoisotopic (exact) mass is 422 g/mol. The van der Waals surface area contributed by atoms with Crippen molar-refractivity contribution in [3.05, 3.63) is 57.8 Å². The van der Waals surface area contributed by atoms with E-state index >= 15 is 0 Å². The van der Waals surface area contributed by atoms with Crippen molar-refractivity contribution in [1.29, 1.82) is 0 Å². The number of hydrogen-bond donors (Lipinski definition) is 2. The lowest BCUT2D eigenvalue weighted by Gasteiger charge is -2.55. The first-order valence-electron chi connectivity index (χ1n) is 11.3. The number of thiophene rings is 1. The van der Waals surface area contributed by atoms with Crippen molar-refractivity contribution >= 4 is 23.2 Å². The highest BCUT2D eigenvalue weighted by Gasteiger charge is 2.54. The molecule has 0 atom stereocenters. The van der Waals surface area contributed by atoms with Crippen molar-refractivity contribution < 1.29 is 9.59 Å². The summed E-state index contributed by atoms with van der Waals surface area (Å²) in [5.41, 5.74) is 1.61. The standard InChI is InChI=1S/C25H30N2O2S/c28-23(26-8-7-22-2-1-9-30-22)21-5-3-17(4-6-21)16-27-24(29)25-13-18-10-19(14-25)12-20(11-18)15-25/h1-6,9,18-20H,7-8,10-16H2,(H,26,28)(H,27,29). The SMILES string of the molecule is O=C(NCCc1cccs1)c1ccc(CNC(=O)C23CC4CC(CC(C4)C2)C3)cc1. The van der Waals surface area contributed by atoms with Crippen LogP contribution in [-0.4, -0.2) is 18.4 Å². The summed E-state index contributed by atoms with van der Waals surface area (Å²) >= 11 is 1.71. The number of rotatable bonds is 7. The molecular weight excluding hydrogens is 392 g/mol. The highest BCUT2D eigenvalue weighted by atomic mass is 32.1.